The molecule has 0 saturated carbocycles. The Morgan fingerprint density at radius 1 is 0.491 bits per heavy atom. The molecule has 57 heavy (non-hydrogen) atoms. The van der Waals surface area contributed by atoms with Crippen molar-refractivity contribution in [2.75, 3.05) is 39.5 Å². The van der Waals surface area contributed by atoms with Gasteiger partial charge in [-0.25, -0.2) is 9.98 Å². The van der Waals surface area contributed by atoms with Crippen molar-refractivity contribution in [3.63, 3.8) is 0 Å². The van der Waals surface area contributed by atoms with Crippen LogP contribution in [-0.2, 0) is 33.7 Å². The molecule has 0 radical (unpaired) electrons. The fourth-order valence-corrected chi connectivity index (χ4v) is 3.50. The Morgan fingerprint density at radius 2 is 0.737 bits per heavy atom. The second-order valence-corrected chi connectivity index (χ2v) is 14.2. The van der Waals surface area contributed by atoms with E-state index in [4.69, 9.17) is 19.5 Å². The third-order valence-corrected chi connectivity index (χ3v) is 5.37. The maximum atomic E-state index is 9.87. The van der Waals surface area contributed by atoms with Gasteiger partial charge in [-0.05, 0) is 61.4 Å². The molecule has 0 unspecified atom stereocenters. The number of nitrogens with zero attached hydrogens (tertiary/aromatic N) is 7. The molecule has 0 N–H and O–H groups in total. The Labute approximate surface area is 331 Å². The van der Waals surface area contributed by atoms with Crippen molar-refractivity contribution >= 4 is 27.4 Å². The molecule has 0 bridgehead atoms. The average Bonchev–Trinajstić information content (AvgIpc) is 3.94. The summed E-state index contributed by atoms with van der Waals surface area (Å²) >= 11 is 0. The van der Waals surface area contributed by atoms with Gasteiger partial charge in [0, 0.05) is 44.9 Å². The Balaban J connectivity index is 0.000000664. The molecule has 1 fully saturated rings. The Kier molecular flexibility index (Phi) is 20.3. The summed E-state index contributed by atoms with van der Waals surface area (Å²) in [7, 11) is -21.3. The van der Waals surface area contributed by atoms with Crippen LogP contribution in [0.25, 0.3) is 22.8 Å². The summed E-state index contributed by atoms with van der Waals surface area (Å²) in [6.07, 6.45) is 9.63. The minimum absolute atomic E-state index is 0. The smallest absolute Gasteiger partial charge is 0.255 e. The standard InChI is InChI=1S/2C10H8N2.C6H8N2O2.C4H8O.C2H3N.2F6P.Ru/c2*1-3-7-11-9(5-1)10-6-2-4-8-12-10;1-3-9-5(7-1)6-8-2-4-10-6;1-2-4-5-3-1;1-2-3;2*1-7(2,3,4,5)6;/h2*1-8H;1-4H2;1-4H2;1H3;;;/q;;;;;2*-1;+2. The molecule has 25 heteroatoms. The maximum Gasteiger partial charge on any atom is 2.00 e. The van der Waals surface area contributed by atoms with E-state index in [1.807, 2.05) is 72.8 Å². The quantitative estimate of drug-likeness (QED) is 0.113. The molecule has 0 amide bonds. The van der Waals surface area contributed by atoms with Gasteiger partial charge in [0.05, 0.1) is 41.9 Å². The summed E-state index contributed by atoms with van der Waals surface area (Å²) < 4.78 is 134. The van der Waals surface area contributed by atoms with Gasteiger partial charge in [-0.2, -0.15) is 5.26 Å². The molecular formula is C32H35F12N7O3P2Ru. The van der Waals surface area contributed by atoms with E-state index >= 15 is 0 Å². The number of aromatic nitrogens is 4. The van der Waals surface area contributed by atoms with E-state index in [1.54, 1.807) is 30.9 Å². The fourth-order valence-electron chi connectivity index (χ4n) is 3.50. The van der Waals surface area contributed by atoms with Gasteiger partial charge in [0.15, 0.2) is 0 Å². The maximum absolute atomic E-state index is 10.7. The summed E-state index contributed by atoms with van der Waals surface area (Å²) in [6.45, 7) is 6.23. The van der Waals surface area contributed by atoms with Crippen LogP contribution in [0.1, 0.15) is 19.8 Å². The van der Waals surface area contributed by atoms with E-state index in [1.165, 1.54) is 19.8 Å². The van der Waals surface area contributed by atoms with Crippen LogP contribution in [0.3, 0.4) is 0 Å². The molecule has 1 saturated heterocycles. The molecule has 3 aliphatic rings. The molecule has 0 aliphatic carbocycles. The van der Waals surface area contributed by atoms with Gasteiger partial charge in [0.2, 0.25) is 0 Å². The third kappa shape index (κ3) is 37.0. The van der Waals surface area contributed by atoms with Gasteiger partial charge in [-0.15, -0.1) is 0 Å². The van der Waals surface area contributed by atoms with Crippen molar-refractivity contribution in [2.24, 2.45) is 9.98 Å². The van der Waals surface area contributed by atoms with Crippen molar-refractivity contribution in [1.82, 2.24) is 19.9 Å². The predicted molar refractivity (Wildman–Crippen MR) is 190 cm³/mol. The molecule has 4 aromatic heterocycles. The molecule has 0 spiro atoms. The van der Waals surface area contributed by atoms with Gasteiger partial charge in [0.25, 0.3) is 11.8 Å². The summed E-state index contributed by atoms with van der Waals surface area (Å²) in [5, 5.41) is 7.32. The van der Waals surface area contributed by atoms with Crippen LogP contribution in [0.4, 0.5) is 50.4 Å². The summed E-state index contributed by atoms with van der Waals surface area (Å²) in [5.74, 6) is 1.16. The molecule has 7 heterocycles. The Morgan fingerprint density at radius 3 is 0.877 bits per heavy atom. The van der Waals surface area contributed by atoms with Crippen LogP contribution >= 0.6 is 15.6 Å². The Bertz CT molecular complexity index is 1600. The van der Waals surface area contributed by atoms with E-state index in [0.29, 0.717) is 25.0 Å². The number of nitriles is 1. The van der Waals surface area contributed by atoms with Crippen LogP contribution in [0.5, 0.6) is 0 Å². The molecule has 0 aromatic carbocycles. The first-order valence-electron chi connectivity index (χ1n) is 15.7. The molecule has 7 rings (SSSR count). The molecule has 4 aromatic rings. The minimum Gasteiger partial charge on any atom is -0.255 e. The monoisotopic (exact) mass is 957 g/mol. The average molecular weight is 957 g/mol. The second-order valence-electron chi connectivity index (χ2n) is 10.4. The number of aliphatic imine (C=N–C) groups is 2. The van der Waals surface area contributed by atoms with E-state index in [2.05, 4.69) is 29.9 Å². The largest absolute Gasteiger partial charge is 2.00 e. The molecule has 0 atom stereocenters. The number of halogens is 12. The van der Waals surface area contributed by atoms with Crippen LogP contribution < -0.4 is 0 Å². The third-order valence-electron chi connectivity index (χ3n) is 5.37. The number of pyridine rings is 4. The fraction of sp³-hybridized carbons (Fsp3) is 0.281. The zero-order valence-corrected chi connectivity index (χ0v) is 33.1. The molecule has 10 nitrogen and oxygen atoms in total. The van der Waals surface area contributed by atoms with E-state index < -0.39 is 15.6 Å². The molecule has 318 valence electrons. The van der Waals surface area contributed by atoms with Crippen LogP contribution in [0.2, 0.25) is 0 Å². The topological polar surface area (TPSA) is 128 Å². The van der Waals surface area contributed by atoms with Gasteiger partial charge >= 0.3 is 85.5 Å². The number of ether oxygens (including phenoxy) is 3. The zero-order valence-electron chi connectivity index (χ0n) is 29.5. The van der Waals surface area contributed by atoms with Crippen molar-refractivity contribution in [1.29, 1.82) is 5.26 Å². The van der Waals surface area contributed by atoms with Crippen molar-refractivity contribution in [3.05, 3.63) is 97.6 Å². The first-order valence-corrected chi connectivity index (χ1v) is 19.8. The van der Waals surface area contributed by atoms with Crippen molar-refractivity contribution in [3.8, 4) is 28.8 Å². The number of hydrogen-bond donors (Lipinski definition) is 0. The predicted octanol–water partition coefficient (Wildman–Crippen LogP) is 12.2. The summed E-state index contributed by atoms with van der Waals surface area (Å²) in [5.41, 5.74) is 3.66. The van der Waals surface area contributed by atoms with E-state index in [9.17, 15) is 50.4 Å². The van der Waals surface area contributed by atoms with Crippen LogP contribution in [0.15, 0.2) is 108 Å². The summed E-state index contributed by atoms with van der Waals surface area (Å²) in [6, 6.07) is 24.9. The van der Waals surface area contributed by atoms with Crippen molar-refractivity contribution < 1.29 is 84.1 Å². The van der Waals surface area contributed by atoms with Gasteiger partial charge in [-0.1, -0.05) is 24.3 Å². The summed E-state index contributed by atoms with van der Waals surface area (Å²) in [4.78, 5) is 24.9. The van der Waals surface area contributed by atoms with E-state index in [-0.39, 0.29) is 19.5 Å². The molecule has 3 aliphatic heterocycles. The zero-order chi connectivity index (χ0) is 42.3. The molecular weight excluding hydrogens is 921 g/mol. The number of hydrogen-bond acceptors (Lipinski definition) is 10. The van der Waals surface area contributed by atoms with Crippen molar-refractivity contribution in [2.45, 2.75) is 19.8 Å². The first-order chi connectivity index (χ1) is 25.7. The van der Waals surface area contributed by atoms with E-state index in [0.717, 1.165) is 49.1 Å². The van der Waals surface area contributed by atoms with Gasteiger partial charge in [0.1, 0.15) is 13.2 Å². The first kappa shape index (κ1) is 52.6. The number of rotatable bonds is 3. The second kappa shape index (κ2) is 22.0. The van der Waals surface area contributed by atoms with Gasteiger partial charge < -0.3 is 14.2 Å². The Hall–Kier alpha value is -4.37. The van der Waals surface area contributed by atoms with Gasteiger partial charge in [-0.3, -0.25) is 19.9 Å². The van der Waals surface area contributed by atoms with Crippen LogP contribution in [-0.4, -0.2) is 71.2 Å². The minimum atomic E-state index is -10.7. The normalized spacial score (nSPS) is 16.1. The van der Waals surface area contributed by atoms with Crippen LogP contribution in [0, 0.1) is 11.3 Å². The SMILES string of the molecule is C1CCOC1.C1COC(C2=NCCO2)=N1.CC#N.F[P-](F)(F)(F)(F)F.F[P-](F)(F)(F)(F)F.[Ru+2].c1ccc(-c2ccccn2)nc1.c1ccc(-c2ccccn2)nc1.